The van der Waals surface area contributed by atoms with Crippen LogP contribution < -0.4 is 14.9 Å². The van der Waals surface area contributed by atoms with Crippen molar-refractivity contribution < 1.29 is 18.3 Å². The van der Waals surface area contributed by atoms with Gasteiger partial charge in [0.05, 0.1) is 24.4 Å². The van der Waals surface area contributed by atoms with Crippen LogP contribution >= 0.6 is 0 Å². The van der Waals surface area contributed by atoms with Gasteiger partial charge in [0.1, 0.15) is 24.0 Å². The first-order valence-corrected chi connectivity index (χ1v) is 15.0. The molecular weight excluding hydrogens is 542 g/mol. The molecule has 1 fully saturated rings. The number of aromatic nitrogens is 3. The van der Waals surface area contributed by atoms with Gasteiger partial charge in [-0.2, -0.15) is 0 Å². The van der Waals surface area contributed by atoms with Crippen LogP contribution in [-0.2, 0) is 20.5 Å². The highest BCUT2D eigenvalue weighted by atomic mass is 32.2. The summed E-state index contributed by atoms with van der Waals surface area (Å²) in [5.41, 5.74) is 4.32. The smallest absolute Gasteiger partial charge is 0.236 e. The van der Waals surface area contributed by atoms with Gasteiger partial charge in [0.15, 0.2) is 0 Å². The standard InChI is InChI=1S/C29H35N7O4S/c1-35(2)13-3-4-27(37)32-23-9-5-21(6-10-23)19-41(38,39)34-24-11-7-22(8-12-24)26-18-25-28(33-26)30-20-31-29(25)36-14-16-40-17-15-36/h3-12,18,20,27,32,34,37H,13-17,19H2,1-2H3,(H,30,31,33)/b4-3+. The van der Waals surface area contributed by atoms with E-state index < -0.39 is 16.3 Å². The molecule has 12 heteroatoms. The molecule has 4 N–H and O–H groups in total. The van der Waals surface area contributed by atoms with Crippen LogP contribution in [0.1, 0.15) is 5.56 Å². The molecule has 1 aliphatic heterocycles. The quantitative estimate of drug-likeness (QED) is 0.156. The van der Waals surface area contributed by atoms with Crippen molar-refractivity contribution in [2.75, 3.05) is 61.9 Å². The lowest BCUT2D eigenvalue weighted by molar-refractivity contribution is 0.122. The summed E-state index contributed by atoms with van der Waals surface area (Å²) < 4.78 is 33.8. The van der Waals surface area contributed by atoms with E-state index in [9.17, 15) is 13.5 Å². The lowest BCUT2D eigenvalue weighted by Gasteiger charge is -2.27. The molecule has 0 saturated carbocycles. The minimum Gasteiger partial charge on any atom is -0.378 e. The van der Waals surface area contributed by atoms with Crippen molar-refractivity contribution >= 4 is 38.2 Å². The second-order valence-electron chi connectivity index (χ2n) is 10.2. The van der Waals surface area contributed by atoms with E-state index in [1.54, 1.807) is 48.8 Å². The summed E-state index contributed by atoms with van der Waals surface area (Å²) in [5.74, 6) is 0.702. The van der Waals surface area contributed by atoms with Crippen LogP contribution in [0.5, 0.6) is 0 Å². The number of rotatable bonds is 11. The number of anilines is 3. The maximum atomic E-state index is 12.9. The molecule has 0 aliphatic carbocycles. The van der Waals surface area contributed by atoms with Crippen LogP contribution in [0.4, 0.5) is 17.2 Å². The van der Waals surface area contributed by atoms with Crippen LogP contribution in [0, 0.1) is 0 Å². The Morgan fingerprint density at radius 3 is 2.49 bits per heavy atom. The number of nitrogens with one attached hydrogen (secondary N) is 3. The number of H-pyrrole nitrogens is 1. The fraction of sp³-hybridized carbons (Fsp3) is 0.310. The highest BCUT2D eigenvalue weighted by Gasteiger charge is 2.18. The van der Waals surface area contributed by atoms with Crippen molar-refractivity contribution in [3.8, 4) is 11.3 Å². The second kappa shape index (κ2) is 12.7. The molecule has 1 unspecified atom stereocenters. The van der Waals surface area contributed by atoms with Gasteiger partial charge >= 0.3 is 0 Å². The highest BCUT2D eigenvalue weighted by Crippen LogP contribution is 2.30. The van der Waals surface area contributed by atoms with Gasteiger partial charge in [-0.05, 0) is 61.6 Å². The molecule has 2 aromatic heterocycles. The Bertz CT molecular complexity index is 1580. The summed E-state index contributed by atoms with van der Waals surface area (Å²) >= 11 is 0. The zero-order valence-corrected chi connectivity index (χ0v) is 23.9. The molecular formula is C29H35N7O4S. The monoisotopic (exact) mass is 577 g/mol. The lowest BCUT2D eigenvalue weighted by atomic mass is 10.1. The largest absolute Gasteiger partial charge is 0.378 e. The molecule has 1 aliphatic rings. The molecule has 5 rings (SSSR count). The molecule has 2 aromatic carbocycles. The fourth-order valence-electron chi connectivity index (χ4n) is 4.58. The molecule has 0 radical (unpaired) electrons. The molecule has 1 atom stereocenters. The molecule has 0 bridgehead atoms. The van der Waals surface area contributed by atoms with E-state index in [0.29, 0.717) is 30.2 Å². The average Bonchev–Trinajstić information content (AvgIpc) is 3.39. The Labute approximate surface area is 239 Å². The fourth-order valence-corrected chi connectivity index (χ4v) is 5.78. The molecule has 0 amide bonds. The molecule has 41 heavy (non-hydrogen) atoms. The Kier molecular flexibility index (Phi) is 8.84. The SMILES string of the molecule is CN(C)C/C=C/C(O)Nc1ccc(CS(=O)(=O)Nc2ccc(-c3cc4c(N5CCOCC5)ncnc4[nH]3)cc2)cc1. The van der Waals surface area contributed by atoms with Gasteiger partial charge in [-0.1, -0.05) is 30.3 Å². The van der Waals surface area contributed by atoms with Crippen molar-refractivity contribution in [2.24, 2.45) is 0 Å². The molecule has 1 saturated heterocycles. The first kappa shape index (κ1) is 28.6. The van der Waals surface area contributed by atoms with Gasteiger partial charge in [0, 0.05) is 36.7 Å². The number of nitrogens with zero attached hydrogens (tertiary/aromatic N) is 4. The molecule has 3 heterocycles. The third-order valence-electron chi connectivity index (χ3n) is 6.60. The molecule has 11 nitrogen and oxygen atoms in total. The topological polar surface area (TPSA) is 136 Å². The van der Waals surface area contributed by atoms with Crippen LogP contribution in [-0.4, -0.2) is 86.5 Å². The normalized spacial score (nSPS) is 15.1. The van der Waals surface area contributed by atoms with Gasteiger partial charge in [-0.3, -0.25) is 4.72 Å². The summed E-state index contributed by atoms with van der Waals surface area (Å²) in [5, 5.41) is 14.0. The van der Waals surface area contributed by atoms with Gasteiger partial charge in [0.25, 0.3) is 0 Å². The van der Waals surface area contributed by atoms with E-state index >= 15 is 0 Å². The Morgan fingerprint density at radius 1 is 1.07 bits per heavy atom. The highest BCUT2D eigenvalue weighted by molar-refractivity contribution is 7.91. The third kappa shape index (κ3) is 7.61. The summed E-state index contributed by atoms with van der Waals surface area (Å²) in [7, 11) is 0.259. The first-order chi connectivity index (χ1) is 19.8. The lowest BCUT2D eigenvalue weighted by Crippen LogP contribution is -2.36. The third-order valence-corrected chi connectivity index (χ3v) is 7.86. The first-order valence-electron chi connectivity index (χ1n) is 13.4. The van der Waals surface area contributed by atoms with Gasteiger partial charge in [-0.15, -0.1) is 0 Å². The minimum atomic E-state index is -3.64. The number of aliphatic hydroxyl groups is 1. The second-order valence-corrected chi connectivity index (χ2v) is 11.9. The number of hydrogen-bond donors (Lipinski definition) is 4. The van der Waals surface area contributed by atoms with E-state index in [1.165, 1.54) is 0 Å². The Morgan fingerprint density at radius 2 is 1.78 bits per heavy atom. The van der Waals surface area contributed by atoms with E-state index in [4.69, 9.17) is 4.74 Å². The van der Waals surface area contributed by atoms with E-state index in [0.717, 1.165) is 47.7 Å². The number of fused-ring (bicyclic) bond motifs is 1. The number of aliphatic hydroxyl groups excluding tert-OH is 1. The van der Waals surface area contributed by atoms with Gasteiger partial charge in [-0.25, -0.2) is 18.4 Å². The Hall–Kier alpha value is -3.97. The average molecular weight is 578 g/mol. The predicted octanol–water partition coefficient (Wildman–Crippen LogP) is 3.25. The number of hydrogen-bond acceptors (Lipinski definition) is 9. The zero-order chi connectivity index (χ0) is 28.8. The van der Waals surface area contributed by atoms with E-state index in [2.05, 4.69) is 29.9 Å². The molecule has 216 valence electrons. The van der Waals surface area contributed by atoms with Crippen LogP contribution in [0.15, 0.2) is 73.1 Å². The maximum absolute atomic E-state index is 12.9. The summed E-state index contributed by atoms with van der Waals surface area (Å²) in [6.45, 7) is 3.62. The number of aromatic amines is 1. The predicted molar refractivity (Wildman–Crippen MR) is 162 cm³/mol. The molecule has 4 aromatic rings. The molecule has 0 spiro atoms. The summed E-state index contributed by atoms with van der Waals surface area (Å²) in [6.07, 6.45) is 4.26. The number of morpholine rings is 1. The van der Waals surface area contributed by atoms with Crippen molar-refractivity contribution in [2.45, 2.75) is 12.0 Å². The van der Waals surface area contributed by atoms with Crippen molar-refractivity contribution in [3.63, 3.8) is 0 Å². The number of benzene rings is 2. The van der Waals surface area contributed by atoms with Crippen LogP contribution in [0.3, 0.4) is 0 Å². The maximum Gasteiger partial charge on any atom is 0.236 e. The van der Waals surface area contributed by atoms with E-state index in [-0.39, 0.29) is 5.75 Å². The van der Waals surface area contributed by atoms with Crippen LogP contribution in [0.2, 0.25) is 0 Å². The summed E-state index contributed by atoms with van der Waals surface area (Å²) in [4.78, 5) is 16.4. The summed E-state index contributed by atoms with van der Waals surface area (Å²) in [6, 6.07) is 16.2. The van der Waals surface area contributed by atoms with Crippen molar-refractivity contribution in [1.82, 2.24) is 19.9 Å². The van der Waals surface area contributed by atoms with Crippen molar-refractivity contribution in [3.05, 3.63) is 78.6 Å². The van der Waals surface area contributed by atoms with E-state index in [1.807, 2.05) is 43.3 Å². The number of sulfonamides is 1. The number of ether oxygens (including phenoxy) is 1. The zero-order valence-electron chi connectivity index (χ0n) is 23.1. The van der Waals surface area contributed by atoms with Gasteiger partial charge in [0.2, 0.25) is 10.0 Å². The van der Waals surface area contributed by atoms with Crippen molar-refractivity contribution in [1.29, 1.82) is 0 Å². The minimum absolute atomic E-state index is 0.175. The van der Waals surface area contributed by atoms with Gasteiger partial charge < -0.3 is 29.9 Å². The Balaban J connectivity index is 1.20. The number of likely N-dealkylation sites (N-methyl/N-ethyl adjacent to an activating group) is 1. The van der Waals surface area contributed by atoms with Crippen LogP contribution in [0.25, 0.3) is 22.3 Å².